The molecule has 1 amide bonds. The number of phenolic OH excluding ortho intramolecular Hbond substituents is 1. The summed E-state index contributed by atoms with van der Waals surface area (Å²) < 4.78 is 10.5. The van der Waals surface area contributed by atoms with E-state index in [1.54, 1.807) is 49.0 Å². The second kappa shape index (κ2) is 9.31. The molecule has 0 saturated carbocycles. The van der Waals surface area contributed by atoms with E-state index in [2.05, 4.69) is 15.2 Å². The van der Waals surface area contributed by atoms with E-state index >= 15 is 0 Å². The number of hydrogen-bond donors (Lipinski definition) is 1. The van der Waals surface area contributed by atoms with Gasteiger partial charge in [0.2, 0.25) is 0 Å². The predicted octanol–water partition coefficient (Wildman–Crippen LogP) is 3.90. The molecule has 0 radical (unpaired) electrons. The average Bonchev–Trinajstić information content (AvgIpc) is 3.40. The van der Waals surface area contributed by atoms with E-state index < -0.39 is 0 Å². The van der Waals surface area contributed by atoms with Crippen molar-refractivity contribution >= 4 is 35.1 Å². The van der Waals surface area contributed by atoms with Gasteiger partial charge < -0.3 is 14.3 Å². The van der Waals surface area contributed by atoms with Crippen LogP contribution in [0.25, 0.3) is 6.08 Å². The molecule has 31 heavy (non-hydrogen) atoms. The van der Waals surface area contributed by atoms with E-state index in [1.807, 2.05) is 12.1 Å². The number of aromatic nitrogens is 1. The van der Waals surface area contributed by atoms with E-state index in [-0.39, 0.29) is 18.2 Å². The van der Waals surface area contributed by atoms with E-state index in [4.69, 9.17) is 9.15 Å². The van der Waals surface area contributed by atoms with Crippen LogP contribution in [0.5, 0.6) is 11.5 Å². The highest BCUT2D eigenvalue weighted by Gasteiger charge is 2.34. The highest BCUT2D eigenvalue weighted by atomic mass is 32.2. The Morgan fingerprint density at radius 3 is 2.90 bits per heavy atom. The minimum absolute atomic E-state index is 0.0395. The summed E-state index contributed by atoms with van der Waals surface area (Å²) in [6, 6.07) is 12.1. The third-order valence-corrected chi connectivity index (χ3v) is 5.32. The summed E-state index contributed by atoms with van der Waals surface area (Å²) in [7, 11) is 1.47. The molecular weight excluding hydrogens is 416 g/mol. The van der Waals surface area contributed by atoms with Crippen molar-refractivity contribution in [2.45, 2.75) is 6.54 Å². The molecule has 2 aromatic heterocycles. The lowest BCUT2D eigenvalue weighted by molar-refractivity contribution is -0.122. The fraction of sp³-hybridized carbons (Fsp3) is 0.0909. The van der Waals surface area contributed by atoms with Gasteiger partial charge in [-0.1, -0.05) is 6.07 Å². The molecule has 1 aromatic carbocycles. The number of methoxy groups -OCH3 is 1. The lowest BCUT2D eigenvalue weighted by Gasteiger charge is -2.12. The van der Waals surface area contributed by atoms with Crippen molar-refractivity contribution < 1.29 is 19.1 Å². The van der Waals surface area contributed by atoms with Crippen LogP contribution in [0.15, 0.2) is 80.6 Å². The molecule has 1 fully saturated rings. The topological polar surface area (TPSA) is 101 Å². The summed E-state index contributed by atoms with van der Waals surface area (Å²) in [4.78, 5) is 19.1. The molecule has 3 heterocycles. The van der Waals surface area contributed by atoms with Gasteiger partial charge in [0.1, 0.15) is 5.76 Å². The number of hydrogen-bond acceptors (Lipinski definition) is 8. The van der Waals surface area contributed by atoms with Gasteiger partial charge in [0.15, 0.2) is 16.7 Å². The molecular formula is C22H18N4O4S. The monoisotopic (exact) mass is 434 g/mol. The molecule has 1 aliphatic rings. The van der Waals surface area contributed by atoms with Crippen LogP contribution < -0.4 is 4.74 Å². The Bertz CT molecular complexity index is 1160. The van der Waals surface area contributed by atoms with Crippen LogP contribution in [-0.2, 0) is 11.3 Å². The number of aromatic hydroxyl groups is 1. The zero-order valence-electron chi connectivity index (χ0n) is 16.5. The number of carbonyl (C=O) groups is 1. The maximum absolute atomic E-state index is 13.0. The lowest BCUT2D eigenvalue weighted by Crippen LogP contribution is -2.28. The number of phenols is 1. The Morgan fingerprint density at radius 1 is 1.26 bits per heavy atom. The standard InChI is InChI=1S/C22H18N4O4S/c1-29-19-10-16(6-7-18(19)27)13-24-25-22-26(14-17-5-3-9-30-17)21(28)20(31-22)11-15-4-2-8-23-12-15/h2-13,27H,14H2,1H3/b20-11-,24-13-,25-22+. The van der Waals surface area contributed by atoms with Crippen molar-refractivity contribution in [1.82, 2.24) is 9.88 Å². The van der Waals surface area contributed by atoms with Gasteiger partial charge in [-0.25, -0.2) is 0 Å². The quantitative estimate of drug-likeness (QED) is 0.359. The smallest absolute Gasteiger partial charge is 0.267 e. The van der Waals surface area contributed by atoms with Crippen molar-refractivity contribution in [3.05, 3.63) is 82.9 Å². The first kappa shape index (κ1) is 20.4. The zero-order chi connectivity index (χ0) is 21.6. The van der Waals surface area contributed by atoms with Gasteiger partial charge >= 0.3 is 0 Å². The molecule has 8 nitrogen and oxygen atoms in total. The van der Waals surface area contributed by atoms with Crippen molar-refractivity contribution in [2.75, 3.05) is 7.11 Å². The normalized spacial score (nSPS) is 16.7. The van der Waals surface area contributed by atoms with Crippen molar-refractivity contribution in [1.29, 1.82) is 0 Å². The van der Waals surface area contributed by atoms with E-state index in [1.165, 1.54) is 36.1 Å². The Morgan fingerprint density at radius 2 is 2.16 bits per heavy atom. The molecule has 156 valence electrons. The number of furan rings is 1. The van der Waals surface area contributed by atoms with Crippen LogP contribution in [0.3, 0.4) is 0 Å². The minimum atomic E-state index is -0.189. The molecule has 1 N–H and O–H groups in total. The average molecular weight is 434 g/mol. The molecule has 4 rings (SSSR count). The fourth-order valence-corrected chi connectivity index (χ4v) is 3.75. The van der Waals surface area contributed by atoms with E-state index in [0.717, 1.165) is 5.56 Å². The lowest BCUT2D eigenvalue weighted by atomic mass is 10.2. The Kier molecular flexibility index (Phi) is 6.13. The molecule has 3 aromatic rings. The largest absolute Gasteiger partial charge is 0.504 e. The molecule has 0 atom stereocenters. The van der Waals surface area contributed by atoms with Crippen LogP contribution >= 0.6 is 11.8 Å². The molecule has 0 unspecified atom stereocenters. The summed E-state index contributed by atoms with van der Waals surface area (Å²) in [6.45, 7) is 0.241. The van der Waals surface area contributed by atoms with Crippen molar-refractivity contribution in [2.24, 2.45) is 10.2 Å². The highest BCUT2D eigenvalue weighted by molar-refractivity contribution is 8.18. The third-order valence-electron chi connectivity index (χ3n) is 4.32. The summed E-state index contributed by atoms with van der Waals surface area (Å²) in [6.07, 6.45) is 8.21. The van der Waals surface area contributed by atoms with Crippen LogP contribution in [-0.4, -0.2) is 39.4 Å². The van der Waals surface area contributed by atoms with Crippen LogP contribution in [0.2, 0.25) is 0 Å². The van der Waals surface area contributed by atoms with Gasteiger partial charge in [-0.3, -0.25) is 14.7 Å². The summed E-state index contributed by atoms with van der Waals surface area (Å²) >= 11 is 1.23. The maximum atomic E-state index is 13.0. The van der Waals surface area contributed by atoms with Gasteiger partial charge in [-0.15, -0.1) is 5.10 Å². The van der Waals surface area contributed by atoms with Gasteiger partial charge in [-0.05, 0) is 65.4 Å². The van der Waals surface area contributed by atoms with Crippen LogP contribution in [0, 0.1) is 0 Å². The molecule has 0 spiro atoms. The molecule has 1 aliphatic heterocycles. The summed E-state index contributed by atoms with van der Waals surface area (Å²) in [5, 5.41) is 18.5. The molecule has 0 aliphatic carbocycles. The number of benzene rings is 1. The van der Waals surface area contributed by atoms with Crippen molar-refractivity contribution in [3.63, 3.8) is 0 Å². The Hall–Kier alpha value is -3.85. The first-order chi connectivity index (χ1) is 15.1. The number of amides is 1. The number of rotatable bonds is 6. The molecule has 1 saturated heterocycles. The number of nitrogens with zero attached hydrogens (tertiary/aromatic N) is 4. The van der Waals surface area contributed by atoms with Gasteiger partial charge in [0.25, 0.3) is 5.91 Å². The summed E-state index contributed by atoms with van der Waals surface area (Å²) in [5.74, 6) is 0.822. The molecule has 0 bridgehead atoms. The zero-order valence-corrected chi connectivity index (χ0v) is 17.3. The van der Waals surface area contributed by atoms with E-state index in [0.29, 0.717) is 27.1 Å². The number of amidine groups is 1. The highest BCUT2D eigenvalue weighted by Crippen LogP contribution is 2.33. The number of carbonyl (C=O) groups excluding carboxylic acids is 1. The number of thioether (sulfide) groups is 1. The van der Waals surface area contributed by atoms with Crippen molar-refractivity contribution in [3.8, 4) is 11.5 Å². The minimum Gasteiger partial charge on any atom is -0.504 e. The SMILES string of the molecule is COc1cc(/C=N\N=C2\S/C(=C\c3cccnc3)C(=O)N2Cc2ccco2)ccc1O. The first-order valence-electron chi connectivity index (χ1n) is 9.26. The van der Waals surface area contributed by atoms with E-state index in [9.17, 15) is 9.90 Å². The fourth-order valence-electron chi connectivity index (χ4n) is 2.81. The maximum Gasteiger partial charge on any atom is 0.267 e. The number of ether oxygens (including phenoxy) is 1. The third kappa shape index (κ3) is 4.84. The number of pyridine rings is 1. The summed E-state index contributed by atoms with van der Waals surface area (Å²) in [5.41, 5.74) is 1.51. The molecule has 9 heteroatoms. The first-order valence-corrected chi connectivity index (χ1v) is 10.1. The Labute approximate surface area is 182 Å². The van der Waals surface area contributed by atoms with Gasteiger partial charge in [0, 0.05) is 12.4 Å². The Balaban J connectivity index is 1.61. The second-order valence-corrected chi connectivity index (χ2v) is 7.44. The van der Waals surface area contributed by atoms with Crippen LogP contribution in [0.4, 0.5) is 0 Å². The second-order valence-electron chi connectivity index (χ2n) is 6.43. The van der Waals surface area contributed by atoms with Gasteiger partial charge in [0.05, 0.1) is 31.0 Å². The van der Waals surface area contributed by atoms with Gasteiger partial charge in [-0.2, -0.15) is 5.10 Å². The predicted molar refractivity (Wildman–Crippen MR) is 119 cm³/mol. The van der Waals surface area contributed by atoms with Crippen LogP contribution in [0.1, 0.15) is 16.9 Å².